The van der Waals surface area contributed by atoms with E-state index in [0.717, 1.165) is 18.8 Å². The summed E-state index contributed by atoms with van der Waals surface area (Å²) in [6, 6.07) is 4.64. The summed E-state index contributed by atoms with van der Waals surface area (Å²) in [5.41, 5.74) is 1.13. The largest absolute Gasteiger partial charge is 0.381 e. The van der Waals surface area contributed by atoms with E-state index in [1.807, 2.05) is 12.3 Å². The van der Waals surface area contributed by atoms with Crippen LogP contribution in [0.5, 0.6) is 0 Å². The minimum absolute atomic E-state index is 0.616. The van der Waals surface area contributed by atoms with E-state index in [4.69, 9.17) is 0 Å². The molecule has 2 rings (SSSR count). The molecule has 0 radical (unpaired) electrons. The fourth-order valence-corrected chi connectivity index (χ4v) is 1.65. The van der Waals surface area contributed by atoms with Gasteiger partial charge in [-0.25, -0.2) is 0 Å². The van der Waals surface area contributed by atoms with E-state index in [1.165, 1.54) is 12.8 Å². The first kappa shape index (κ1) is 8.51. The topological polar surface area (TPSA) is 37.0 Å². The first-order chi connectivity index (χ1) is 6.45. The van der Waals surface area contributed by atoms with E-state index in [0.29, 0.717) is 6.04 Å². The summed E-state index contributed by atoms with van der Waals surface area (Å²) >= 11 is 0. The van der Waals surface area contributed by atoms with E-state index >= 15 is 0 Å². The standard InChI is InChI=1S/C10H15N3/c1-2-10(8-12-5-1)13-9-3-6-11-7-4-9/h1-2,5,8-9,11,13H,3-4,6-7H2. The lowest BCUT2D eigenvalue weighted by atomic mass is 10.1. The second kappa shape index (κ2) is 4.23. The van der Waals surface area contributed by atoms with Gasteiger partial charge < -0.3 is 10.6 Å². The molecule has 1 fully saturated rings. The van der Waals surface area contributed by atoms with Crippen LogP contribution in [-0.4, -0.2) is 24.1 Å². The maximum absolute atomic E-state index is 4.07. The fraction of sp³-hybridized carbons (Fsp3) is 0.500. The van der Waals surface area contributed by atoms with Gasteiger partial charge in [0.25, 0.3) is 0 Å². The average Bonchev–Trinajstić information content (AvgIpc) is 2.21. The van der Waals surface area contributed by atoms with Crippen molar-refractivity contribution in [1.29, 1.82) is 0 Å². The molecule has 1 saturated heterocycles. The van der Waals surface area contributed by atoms with Crippen molar-refractivity contribution in [3.05, 3.63) is 24.5 Å². The summed E-state index contributed by atoms with van der Waals surface area (Å²) in [7, 11) is 0. The van der Waals surface area contributed by atoms with Crippen LogP contribution in [0.1, 0.15) is 12.8 Å². The number of aromatic nitrogens is 1. The molecule has 0 atom stereocenters. The van der Waals surface area contributed by atoms with Crippen molar-refractivity contribution in [2.75, 3.05) is 18.4 Å². The van der Waals surface area contributed by atoms with Gasteiger partial charge >= 0.3 is 0 Å². The maximum atomic E-state index is 4.07. The van der Waals surface area contributed by atoms with Crippen molar-refractivity contribution in [2.24, 2.45) is 0 Å². The average molecular weight is 177 g/mol. The summed E-state index contributed by atoms with van der Waals surface area (Å²) in [5, 5.41) is 6.82. The zero-order chi connectivity index (χ0) is 8.93. The summed E-state index contributed by atoms with van der Waals surface area (Å²) in [5.74, 6) is 0. The number of piperidine rings is 1. The molecular formula is C10H15N3. The Labute approximate surface area is 78.6 Å². The minimum Gasteiger partial charge on any atom is -0.381 e. The summed E-state index contributed by atoms with van der Waals surface area (Å²) in [6.45, 7) is 2.25. The number of hydrogen-bond acceptors (Lipinski definition) is 3. The fourth-order valence-electron chi connectivity index (χ4n) is 1.65. The van der Waals surface area contributed by atoms with Crippen LogP contribution in [0.3, 0.4) is 0 Å². The van der Waals surface area contributed by atoms with Gasteiger partial charge in [-0.1, -0.05) is 0 Å². The highest BCUT2D eigenvalue weighted by Crippen LogP contribution is 2.11. The van der Waals surface area contributed by atoms with Crippen molar-refractivity contribution in [3.63, 3.8) is 0 Å². The highest BCUT2D eigenvalue weighted by atomic mass is 15.0. The molecule has 0 aliphatic carbocycles. The molecule has 1 aromatic heterocycles. The Kier molecular flexibility index (Phi) is 2.77. The Morgan fingerprint density at radius 1 is 1.38 bits per heavy atom. The number of anilines is 1. The molecule has 70 valence electrons. The van der Waals surface area contributed by atoms with E-state index < -0.39 is 0 Å². The Morgan fingerprint density at radius 2 is 2.23 bits per heavy atom. The van der Waals surface area contributed by atoms with Crippen LogP contribution in [0.25, 0.3) is 0 Å². The van der Waals surface area contributed by atoms with Crippen LogP contribution in [-0.2, 0) is 0 Å². The van der Waals surface area contributed by atoms with E-state index in [-0.39, 0.29) is 0 Å². The molecule has 0 aromatic carbocycles. The Bertz CT molecular complexity index is 242. The quantitative estimate of drug-likeness (QED) is 0.713. The van der Waals surface area contributed by atoms with Crippen molar-refractivity contribution < 1.29 is 0 Å². The normalized spacial score (nSPS) is 18.5. The molecule has 3 nitrogen and oxygen atoms in total. The molecule has 1 aromatic rings. The molecular weight excluding hydrogens is 162 g/mol. The zero-order valence-corrected chi connectivity index (χ0v) is 7.66. The number of nitrogens with one attached hydrogen (secondary N) is 2. The Morgan fingerprint density at radius 3 is 2.92 bits per heavy atom. The van der Waals surface area contributed by atoms with Crippen molar-refractivity contribution in [1.82, 2.24) is 10.3 Å². The molecule has 0 bridgehead atoms. The Balaban J connectivity index is 1.90. The third kappa shape index (κ3) is 2.42. The molecule has 0 saturated carbocycles. The number of hydrogen-bond donors (Lipinski definition) is 2. The third-order valence-corrected chi connectivity index (χ3v) is 2.37. The second-order valence-corrected chi connectivity index (χ2v) is 3.41. The van der Waals surface area contributed by atoms with Crippen molar-refractivity contribution in [3.8, 4) is 0 Å². The van der Waals surface area contributed by atoms with Gasteiger partial charge in [-0.05, 0) is 38.1 Å². The first-order valence-electron chi connectivity index (χ1n) is 4.82. The highest BCUT2D eigenvalue weighted by Gasteiger charge is 2.11. The molecule has 3 heteroatoms. The Hall–Kier alpha value is -1.09. The second-order valence-electron chi connectivity index (χ2n) is 3.41. The molecule has 13 heavy (non-hydrogen) atoms. The summed E-state index contributed by atoms with van der Waals surface area (Å²) in [6.07, 6.45) is 6.08. The molecule has 0 spiro atoms. The maximum Gasteiger partial charge on any atom is 0.0528 e. The number of rotatable bonds is 2. The zero-order valence-electron chi connectivity index (χ0n) is 7.66. The highest BCUT2D eigenvalue weighted by molar-refractivity contribution is 5.40. The lowest BCUT2D eigenvalue weighted by molar-refractivity contribution is 0.479. The van der Waals surface area contributed by atoms with E-state index in [9.17, 15) is 0 Å². The van der Waals surface area contributed by atoms with Gasteiger partial charge in [0.15, 0.2) is 0 Å². The molecule has 1 aliphatic rings. The van der Waals surface area contributed by atoms with Crippen molar-refractivity contribution in [2.45, 2.75) is 18.9 Å². The first-order valence-corrected chi connectivity index (χ1v) is 4.82. The molecule has 0 amide bonds. The van der Waals surface area contributed by atoms with Crippen LogP contribution in [0.15, 0.2) is 24.5 Å². The molecule has 0 unspecified atom stereocenters. The molecule has 2 N–H and O–H groups in total. The lowest BCUT2D eigenvalue weighted by Crippen LogP contribution is -2.35. The SMILES string of the molecule is c1cncc(NC2CCNCC2)c1. The summed E-state index contributed by atoms with van der Waals surface area (Å²) < 4.78 is 0. The van der Waals surface area contributed by atoms with Gasteiger partial charge in [-0.15, -0.1) is 0 Å². The van der Waals surface area contributed by atoms with Crippen LogP contribution in [0.4, 0.5) is 5.69 Å². The predicted molar refractivity (Wildman–Crippen MR) is 53.8 cm³/mol. The molecule has 2 heterocycles. The smallest absolute Gasteiger partial charge is 0.0528 e. The van der Waals surface area contributed by atoms with E-state index in [1.54, 1.807) is 6.20 Å². The van der Waals surface area contributed by atoms with Crippen molar-refractivity contribution >= 4 is 5.69 Å². The minimum atomic E-state index is 0.616. The van der Waals surface area contributed by atoms with E-state index in [2.05, 4.69) is 21.7 Å². The van der Waals surface area contributed by atoms with Crippen LogP contribution < -0.4 is 10.6 Å². The van der Waals surface area contributed by atoms with Crippen LogP contribution >= 0.6 is 0 Å². The van der Waals surface area contributed by atoms with Gasteiger partial charge in [0.05, 0.1) is 5.69 Å². The third-order valence-electron chi connectivity index (χ3n) is 2.37. The molecule has 1 aliphatic heterocycles. The lowest BCUT2D eigenvalue weighted by Gasteiger charge is -2.24. The van der Waals surface area contributed by atoms with Gasteiger partial charge in [0.1, 0.15) is 0 Å². The van der Waals surface area contributed by atoms with Gasteiger partial charge in [0.2, 0.25) is 0 Å². The predicted octanol–water partition coefficient (Wildman–Crippen LogP) is 1.25. The van der Waals surface area contributed by atoms with Crippen LogP contribution in [0.2, 0.25) is 0 Å². The van der Waals surface area contributed by atoms with Crippen LogP contribution in [0, 0.1) is 0 Å². The monoisotopic (exact) mass is 177 g/mol. The van der Waals surface area contributed by atoms with Gasteiger partial charge in [-0.3, -0.25) is 4.98 Å². The number of pyridine rings is 1. The van der Waals surface area contributed by atoms with Gasteiger partial charge in [0, 0.05) is 18.4 Å². The number of nitrogens with zero attached hydrogens (tertiary/aromatic N) is 1. The summed E-state index contributed by atoms with van der Waals surface area (Å²) in [4.78, 5) is 4.07. The van der Waals surface area contributed by atoms with Gasteiger partial charge in [-0.2, -0.15) is 0 Å².